The first-order valence-corrected chi connectivity index (χ1v) is 7.02. The number of rotatable bonds is 5. The van der Waals surface area contributed by atoms with Gasteiger partial charge in [0.1, 0.15) is 6.33 Å². The van der Waals surface area contributed by atoms with Crippen LogP contribution >= 0.6 is 0 Å². The van der Waals surface area contributed by atoms with Crippen LogP contribution < -0.4 is 10.5 Å². The van der Waals surface area contributed by atoms with E-state index in [1.54, 1.807) is 7.11 Å². The van der Waals surface area contributed by atoms with Crippen molar-refractivity contribution in [1.82, 2.24) is 24.4 Å². The summed E-state index contributed by atoms with van der Waals surface area (Å²) in [5.41, 5.74) is 7.37. The molecular weight excluding hydrogens is 256 g/mol. The number of imidazole rings is 1. The lowest BCUT2D eigenvalue weighted by atomic mass is 10.4. The summed E-state index contributed by atoms with van der Waals surface area (Å²) in [4.78, 5) is 15.1. The van der Waals surface area contributed by atoms with Crippen molar-refractivity contribution in [3.05, 3.63) is 6.33 Å². The number of methoxy groups -OCH3 is 1. The van der Waals surface area contributed by atoms with Gasteiger partial charge in [-0.05, 0) is 38.9 Å². The number of fused-ring (bicyclic) bond motifs is 1. The van der Waals surface area contributed by atoms with E-state index in [0.717, 1.165) is 25.2 Å². The number of aromatic nitrogens is 4. The van der Waals surface area contributed by atoms with Crippen LogP contribution in [0.3, 0.4) is 0 Å². The van der Waals surface area contributed by atoms with Crippen LogP contribution in [-0.4, -0.2) is 51.2 Å². The predicted octanol–water partition coefficient (Wildman–Crippen LogP) is 0.903. The van der Waals surface area contributed by atoms with Gasteiger partial charge in [0.15, 0.2) is 11.2 Å². The van der Waals surface area contributed by atoms with Crippen LogP contribution in [0.1, 0.15) is 19.3 Å². The minimum Gasteiger partial charge on any atom is -0.479 e. The molecule has 20 heavy (non-hydrogen) atoms. The molecule has 1 aliphatic rings. The second-order valence-corrected chi connectivity index (χ2v) is 5.08. The van der Waals surface area contributed by atoms with E-state index in [4.69, 9.17) is 10.5 Å². The van der Waals surface area contributed by atoms with E-state index in [2.05, 4.69) is 19.9 Å². The number of anilines is 1. The van der Waals surface area contributed by atoms with E-state index in [9.17, 15) is 0 Å². The molecule has 108 valence electrons. The number of aryl methyl sites for hydroxylation is 1. The summed E-state index contributed by atoms with van der Waals surface area (Å²) in [5.74, 6) is 0.945. The molecule has 0 unspecified atom stereocenters. The maximum absolute atomic E-state index is 5.99. The molecule has 0 aromatic carbocycles. The first-order chi connectivity index (χ1) is 9.79. The second kappa shape index (κ2) is 5.62. The van der Waals surface area contributed by atoms with Crippen molar-refractivity contribution in [3.8, 4) is 5.88 Å². The molecule has 0 bridgehead atoms. The lowest BCUT2D eigenvalue weighted by molar-refractivity contribution is 0.326. The first kappa shape index (κ1) is 13.1. The van der Waals surface area contributed by atoms with Crippen LogP contribution in [0.5, 0.6) is 5.88 Å². The molecule has 0 radical (unpaired) electrons. The van der Waals surface area contributed by atoms with Gasteiger partial charge in [0.2, 0.25) is 11.8 Å². The molecule has 2 aromatic rings. The van der Waals surface area contributed by atoms with Crippen LogP contribution in [0.4, 0.5) is 5.95 Å². The lowest BCUT2D eigenvalue weighted by Gasteiger charge is -2.14. The predicted molar refractivity (Wildman–Crippen MR) is 76.6 cm³/mol. The summed E-state index contributed by atoms with van der Waals surface area (Å²) in [6, 6.07) is 0. The van der Waals surface area contributed by atoms with Crippen LogP contribution in [0.25, 0.3) is 11.2 Å². The summed E-state index contributed by atoms with van der Waals surface area (Å²) in [6.07, 6.45) is 5.17. The zero-order valence-corrected chi connectivity index (χ0v) is 11.7. The first-order valence-electron chi connectivity index (χ1n) is 7.02. The fourth-order valence-corrected chi connectivity index (χ4v) is 2.76. The maximum atomic E-state index is 5.99. The highest BCUT2D eigenvalue weighted by Crippen LogP contribution is 2.22. The van der Waals surface area contributed by atoms with E-state index in [0.29, 0.717) is 17.3 Å². The van der Waals surface area contributed by atoms with Crippen LogP contribution in [0.2, 0.25) is 0 Å². The number of nitrogens with zero attached hydrogens (tertiary/aromatic N) is 5. The molecule has 1 saturated heterocycles. The van der Waals surface area contributed by atoms with Gasteiger partial charge in [-0.15, -0.1) is 0 Å². The molecule has 1 fully saturated rings. The molecule has 0 spiro atoms. The molecule has 3 rings (SSSR count). The Hall–Kier alpha value is -1.89. The number of nitrogens with two attached hydrogens (primary N) is 1. The molecule has 2 aromatic heterocycles. The monoisotopic (exact) mass is 276 g/mol. The third kappa shape index (κ3) is 2.40. The van der Waals surface area contributed by atoms with E-state index < -0.39 is 0 Å². The Kier molecular flexibility index (Phi) is 3.68. The molecule has 7 heteroatoms. The van der Waals surface area contributed by atoms with Gasteiger partial charge in [-0.1, -0.05) is 0 Å². The van der Waals surface area contributed by atoms with Crippen molar-refractivity contribution in [3.63, 3.8) is 0 Å². The third-order valence-corrected chi connectivity index (χ3v) is 3.78. The van der Waals surface area contributed by atoms with Crippen molar-refractivity contribution >= 4 is 17.1 Å². The number of likely N-dealkylation sites (tertiary alicyclic amines) is 1. The van der Waals surface area contributed by atoms with Crippen molar-refractivity contribution in [1.29, 1.82) is 0 Å². The fraction of sp³-hybridized carbons (Fsp3) is 0.615. The van der Waals surface area contributed by atoms with Gasteiger partial charge in [-0.2, -0.15) is 4.98 Å². The highest BCUT2D eigenvalue weighted by molar-refractivity contribution is 5.78. The Bertz CT molecular complexity index is 590. The maximum Gasteiger partial charge on any atom is 0.245 e. The largest absolute Gasteiger partial charge is 0.479 e. The van der Waals surface area contributed by atoms with Gasteiger partial charge in [0.25, 0.3) is 0 Å². The Morgan fingerprint density at radius 2 is 2.05 bits per heavy atom. The molecular formula is C13H20N6O. The van der Waals surface area contributed by atoms with Gasteiger partial charge in [0.05, 0.1) is 7.11 Å². The zero-order chi connectivity index (χ0) is 13.9. The van der Waals surface area contributed by atoms with Gasteiger partial charge < -0.3 is 15.4 Å². The minimum atomic E-state index is 0.472. The number of ether oxygens (including phenoxy) is 1. The Morgan fingerprint density at radius 1 is 1.25 bits per heavy atom. The van der Waals surface area contributed by atoms with Crippen LogP contribution in [0.15, 0.2) is 6.33 Å². The molecule has 3 heterocycles. The Morgan fingerprint density at radius 3 is 2.80 bits per heavy atom. The lowest BCUT2D eigenvalue weighted by Crippen LogP contribution is -2.21. The van der Waals surface area contributed by atoms with Crippen molar-refractivity contribution < 1.29 is 4.74 Å². The summed E-state index contributed by atoms with van der Waals surface area (Å²) in [5, 5.41) is 0. The molecule has 0 saturated carbocycles. The fourth-order valence-electron chi connectivity index (χ4n) is 2.76. The minimum absolute atomic E-state index is 0.472. The normalized spacial score (nSPS) is 16.1. The smallest absolute Gasteiger partial charge is 0.245 e. The van der Waals surface area contributed by atoms with Crippen molar-refractivity contribution in [2.24, 2.45) is 0 Å². The van der Waals surface area contributed by atoms with Gasteiger partial charge in [-0.3, -0.25) is 4.57 Å². The molecule has 1 aliphatic heterocycles. The average molecular weight is 276 g/mol. The van der Waals surface area contributed by atoms with Gasteiger partial charge >= 0.3 is 0 Å². The van der Waals surface area contributed by atoms with E-state index in [1.165, 1.54) is 32.3 Å². The summed E-state index contributed by atoms with van der Waals surface area (Å²) in [7, 11) is 1.57. The zero-order valence-electron chi connectivity index (χ0n) is 11.7. The van der Waals surface area contributed by atoms with Gasteiger partial charge in [0, 0.05) is 6.54 Å². The van der Waals surface area contributed by atoms with Crippen molar-refractivity contribution in [2.45, 2.75) is 25.8 Å². The number of hydrogen-bond acceptors (Lipinski definition) is 6. The van der Waals surface area contributed by atoms with Crippen LogP contribution in [-0.2, 0) is 6.54 Å². The highest BCUT2D eigenvalue weighted by Gasteiger charge is 2.15. The molecule has 0 aliphatic carbocycles. The highest BCUT2D eigenvalue weighted by atomic mass is 16.5. The topological polar surface area (TPSA) is 82.1 Å². The Labute approximate surface area is 117 Å². The van der Waals surface area contributed by atoms with Crippen LogP contribution in [0, 0.1) is 0 Å². The number of nitrogen functional groups attached to an aromatic ring is 1. The molecule has 7 nitrogen and oxygen atoms in total. The standard InChI is InChI=1S/C13H20N6O/c1-20-12-10-11(15-9-16-12)19(13(14)17-10)8-4-7-18-5-2-3-6-18/h9H,2-8H2,1H3,(H2,14,17). The number of hydrogen-bond donors (Lipinski definition) is 1. The van der Waals surface area contributed by atoms with Gasteiger partial charge in [-0.25, -0.2) is 9.97 Å². The molecule has 0 atom stereocenters. The third-order valence-electron chi connectivity index (χ3n) is 3.78. The SMILES string of the molecule is COc1ncnc2c1nc(N)n2CCCN1CCCC1. The summed E-state index contributed by atoms with van der Waals surface area (Å²) >= 11 is 0. The van der Waals surface area contributed by atoms with E-state index >= 15 is 0 Å². The van der Waals surface area contributed by atoms with E-state index in [-0.39, 0.29) is 0 Å². The molecule has 2 N–H and O–H groups in total. The Balaban J connectivity index is 1.75. The summed E-state index contributed by atoms with van der Waals surface area (Å²) in [6.45, 7) is 4.35. The van der Waals surface area contributed by atoms with E-state index in [1.807, 2.05) is 4.57 Å². The summed E-state index contributed by atoms with van der Waals surface area (Å²) < 4.78 is 7.13. The quantitative estimate of drug-likeness (QED) is 0.874. The van der Waals surface area contributed by atoms with Crippen molar-refractivity contribution in [2.75, 3.05) is 32.5 Å². The average Bonchev–Trinajstić information content (AvgIpc) is 3.07. The molecule has 0 amide bonds. The second-order valence-electron chi connectivity index (χ2n) is 5.08.